The topological polar surface area (TPSA) is 93.6 Å². The first-order valence-corrected chi connectivity index (χ1v) is 9.77. The lowest BCUT2D eigenvalue weighted by atomic mass is 10.4. The van der Waals surface area contributed by atoms with Crippen molar-refractivity contribution in [3.63, 3.8) is 0 Å². The Labute approximate surface area is 144 Å². The van der Waals surface area contributed by atoms with Crippen LogP contribution in [0.5, 0.6) is 0 Å². The third kappa shape index (κ3) is 2.59. The van der Waals surface area contributed by atoms with Crippen LogP contribution in [0.1, 0.15) is 0 Å². The molecule has 3 aromatic rings. The highest BCUT2D eigenvalue weighted by molar-refractivity contribution is 7.99. The maximum Gasteiger partial charge on any atom is 0.213 e. The third-order valence-electron chi connectivity index (χ3n) is 3.50. The maximum absolute atomic E-state index is 13.1. The Morgan fingerprint density at radius 1 is 1.21 bits per heavy atom. The summed E-state index contributed by atoms with van der Waals surface area (Å²) in [5.41, 5.74) is 6.27. The van der Waals surface area contributed by atoms with Crippen molar-refractivity contribution >= 4 is 38.9 Å². The number of anilines is 2. The Morgan fingerprint density at radius 3 is 2.46 bits per heavy atom. The molecule has 2 heterocycles. The van der Waals surface area contributed by atoms with Crippen molar-refractivity contribution < 1.29 is 8.42 Å². The van der Waals surface area contributed by atoms with Crippen LogP contribution in [0.2, 0.25) is 0 Å². The Kier molecular flexibility index (Phi) is 4.14. The van der Waals surface area contributed by atoms with Crippen molar-refractivity contribution in [1.29, 1.82) is 0 Å². The number of aromatic nitrogens is 3. The first kappa shape index (κ1) is 16.6. The minimum atomic E-state index is -3.76. The molecule has 1 aromatic carbocycles. The van der Waals surface area contributed by atoms with Gasteiger partial charge in [0.2, 0.25) is 9.84 Å². The molecule has 0 radical (unpaired) electrons. The van der Waals surface area contributed by atoms with Gasteiger partial charge in [-0.25, -0.2) is 13.4 Å². The van der Waals surface area contributed by atoms with Gasteiger partial charge < -0.3 is 10.6 Å². The van der Waals surface area contributed by atoms with Crippen molar-refractivity contribution in [1.82, 2.24) is 14.6 Å². The number of benzene rings is 1. The van der Waals surface area contributed by atoms with E-state index in [1.165, 1.54) is 16.3 Å². The molecule has 2 aromatic heterocycles. The van der Waals surface area contributed by atoms with Crippen LogP contribution in [-0.4, -0.2) is 43.4 Å². The van der Waals surface area contributed by atoms with Gasteiger partial charge in [-0.05, 0) is 18.4 Å². The molecule has 0 unspecified atom stereocenters. The predicted molar refractivity (Wildman–Crippen MR) is 95.4 cm³/mol. The zero-order valence-electron chi connectivity index (χ0n) is 13.5. The fourth-order valence-electron chi connectivity index (χ4n) is 2.30. The van der Waals surface area contributed by atoms with E-state index in [0.717, 1.165) is 0 Å². The molecular formula is C15H17N5O2S2. The molecule has 0 saturated carbocycles. The van der Waals surface area contributed by atoms with Crippen LogP contribution in [0, 0.1) is 0 Å². The first-order chi connectivity index (χ1) is 11.4. The summed E-state index contributed by atoms with van der Waals surface area (Å²) in [5, 5.41) is 4.69. The molecule has 7 nitrogen and oxygen atoms in total. The number of thioether (sulfide) groups is 1. The van der Waals surface area contributed by atoms with E-state index < -0.39 is 9.84 Å². The lowest BCUT2D eigenvalue weighted by molar-refractivity contribution is 0.594. The van der Waals surface area contributed by atoms with E-state index in [9.17, 15) is 8.42 Å². The van der Waals surface area contributed by atoms with Crippen LogP contribution in [0.4, 0.5) is 11.6 Å². The van der Waals surface area contributed by atoms with E-state index >= 15 is 0 Å². The Morgan fingerprint density at radius 2 is 1.88 bits per heavy atom. The number of fused-ring (bicyclic) bond motifs is 1. The number of sulfone groups is 1. The Bertz CT molecular complexity index is 998. The largest absolute Gasteiger partial charge is 0.383 e. The van der Waals surface area contributed by atoms with Crippen LogP contribution in [-0.2, 0) is 9.84 Å². The average molecular weight is 363 g/mol. The highest BCUT2D eigenvalue weighted by Crippen LogP contribution is 2.33. The van der Waals surface area contributed by atoms with Gasteiger partial charge in [0, 0.05) is 20.2 Å². The molecule has 24 heavy (non-hydrogen) atoms. The second-order valence-electron chi connectivity index (χ2n) is 5.32. The average Bonchev–Trinajstić information content (AvgIpc) is 2.95. The summed E-state index contributed by atoms with van der Waals surface area (Å²) in [7, 11) is -0.135. The smallest absolute Gasteiger partial charge is 0.213 e. The summed E-state index contributed by atoms with van der Waals surface area (Å²) in [6.07, 6.45) is 1.77. The van der Waals surface area contributed by atoms with Crippen molar-refractivity contribution in [2.75, 3.05) is 31.0 Å². The third-order valence-corrected chi connectivity index (χ3v) is 6.11. The van der Waals surface area contributed by atoms with Gasteiger partial charge >= 0.3 is 0 Å². The molecular weight excluding hydrogens is 346 g/mol. The second-order valence-corrected chi connectivity index (χ2v) is 8.01. The van der Waals surface area contributed by atoms with Gasteiger partial charge in [0.25, 0.3) is 0 Å². The SMILES string of the molecule is CSc1nn2c(N)cc(N(C)C)nc2c1S(=O)(=O)c1ccccc1. The fraction of sp³-hybridized carbons (Fsp3) is 0.200. The number of rotatable bonds is 4. The van der Waals surface area contributed by atoms with Gasteiger partial charge in [-0.1, -0.05) is 18.2 Å². The number of nitrogens with two attached hydrogens (primary N) is 1. The highest BCUT2D eigenvalue weighted by atomic mass is 32.2. The summed E-state index contributed by atoms with van der Waals surface area (Å²) in [4.78, 5) is 6.49. The second kappa shape index (κ2) is 5.99. The molecule has 0 aliphatic carbocycles. The molecule has 0 spiro atoms. The monoisotopic (exact) mass is 363 g/mol. The van der Waals surface area contributed by atoms with E-state index in [1.54, 1.807) is 47.6 Å². The van der Waals surface area contributed by atoms with Crippen LogP contribution in [0.15, 0.2) is 51.2 Å². The highest BCUT2D eigenvalue weighted by Gasteiger charge is 2.29. The lowest BCUT2D eigenvalue weighted by Gasteiger charge is -2.12. The zero-order chi connectivity index (χ0) is 17.5. The molecule has 2 N–H and O–H groups in total. The van der Waals surface area contributed by atoms with Gasteiger partial charge in [0.15, 0.2) is 10.5 Å². The molecule has 0 saturated heterocycles. The predicted octanol–water partition coefficient (Wildman–Crippen LogP) is 1.93. The van der Waals surface area contributed by atoms with Crippen LogP contribution >= 0.6 is 11.8 Å². The number of hydrogen-bond donors (Lipinski definition) is 1. The minimum absolute atomic E-state index is 0.0802. The Hall–Kier alpha value is -2.26. The van der Waals surface area contributed by atoms with Crippen molar-refractivity contribution in [2.45, 2.75) is 14.8 Å². The maximum atomic E-state index is 13.1. The summed E-state index contributed by atoms with van der Waals surface area (Å²) >= 11 is 1.25. The normalized spacial score (nSPS) is 11.8. The van der Waals surface area contributed by atoms with Crippen molar-refractivity contribution in [2.24, 2.45) is 0 Å². The lowest BCUT2D eigenvalue weighted by Crippen LogP contribution is -2.13. The van der Waals surface area contributed by atoms with Gasteiger partial charge in [-0.15, -0.1) is 11.8 Å². The van der Waals surface area contributed by atoms with Gasteiger partial charge in [-0.3, -0.25) is 0 Å². The zero-order valence-corrected chi connectivity index (χ0v) is 15.1. The van der Waals surface area contributed by atoms with Crippen LogP contribution in [0.25, 0.3) is 5.65 Å². The van der Waals surface area contributed by atoms with E-state index in [2.05, 4.69) is 10.1 Å². The van der Waals surface area contributed by atoms with Crippen LogP contribution < -0.4 is 10.6 Å². The number of nitrogens with zero attached hydrogens (tertiary/aromatic N) is 4. The molecule has 126 valence electrons. The Balaban J connectivity index is 2.38. The van der Waals surface area contributed by atoms with Gasteiger partial charge in [0.05, 0.1) is 4.90 Å². The molecule has 0 amide bonds. The number of hydrogen-bond acceptors (Lipinski definition) is 7. The van der Waals surface area contributed by atoms with Crippen LogP contribution in [0.3, 0.4) is 0 Å². The summed E-state index contributed by atoms with van der Waals surface area (Å²) in [6.45, 7) is 0. The summed E-state index contributed by atoms with van der Waals surface area (Å²) in [5.74, 6) is 0.894. The van der Waals surface area contributed by atoms with Crippen molar-refractivity contribution in [3.8, 4) is 0 Å². The van der Waals surface area contributed by atoms with Gasteiger partial charge in [-0.2, -0.15) is 9.61 Å². The number of nitrogen functional groups attached to an aromatic ring is 1. The first-order valence-electron chi connectivity index (χ1n) is 7.07. The summed E-state index contributed by atoms with van der Waals surface area (Å²) in [6, 6.07) is 9.91. The molecule has 0 fully saturated rings. The van der Waals surface area contributed by atoms with E-state index in [1.807, 2.05) is 14.1 Å². The standard InChI is InChI=1S/C15H17N5O2S2/c1-19(2)12-9-11(16)20-14(17-12)13(15(18-20)23-3)24(21,22)10-7-5-4-6-8-10/h4-9H,16H2,1-3H3. The van der Waals surface area contributed by atoms with Crippen molar-refractivity contribution in [3.05, 3.63) is 36.4 Å². The quantitative estimate of drug-likeness (QED) is 0.708. The summed E-state index contributed by atoms with van der Waals surface area (Å²) < 4.78 is 27.6. The molecule has 0 aliphatic rings. The van der Waals surface area contributed by atoms with Gasteiger partial charge in [0.1, 0.15) is 16.7 Å². The molecule has 0 aliphatic heterocycles. The molecule has 0 atom stereocenters. The van der Waals surface area contributed by atoms with E-state index in [4.69, 9.17) is 5.73 Å². The minimum Gasteiger partial charge on any atom is -0.383 e. The fourth-order valence-corrected chi connectivity index (χ4v) is 4.72. The molecule has 0 bridgehead atoms. The van der Waals surface area contributed by atoms with E-state index in [-0.39, 0.29) is 15.4 Å². The van der Waals surface area contributed by atoms with E-state index in [0.29, 0.717) is 16.7 Å². The molecule has 9 heteroatoms. The molecule has 3 rings (SSSR count).